The Labute approximate surface area is 81.5 Å². The van der Waals surface area contributed by atoms with E-state index in [0.717, 1.165) is 12.3 Å². The van der Waals surface area contributed by atoms with Crippen LogP contribution < -0.4 is 0 Å². The average molecular weight is 182 g/mol. The molecule has 0 radical (unpaired) electrons. The van der Waals surface area contributed by atoms with Gasteiger partial charge >= 0.3 is 0 Å². The molecule has 2 aliphatic rings. The van der Waals surface area contributed by atoms with Gasteiger partial charge in [-0.1, -0.05) is 32.1 Å². The first kappa shape index (κ1) is 9.51. The van der Waals surface area contributed by atoms with Crippen LogP contribution in [0.1, 0.15) is 58.3 Å². The van der Waals surface area contributed by atoms with Crippen molar-refractivity contribution >= 4 is 0 Å². The van der Waals surface area contributed by atoms with Gasteiger partial charge in [-0.2, -0.15) is 0 Å². The van der Waals surface area contributed by atoms with E-state index < -0.39 is 0 Å². The van der Waals surface area contributed by atoms with E-state index >= 15 is 0 Å². The molecule has 0 heterocycles. The van der Waals surface area contributed by atoms with Crippen LogP contribution in [0.4, 0.5) is 0 Å². The van der Waals surface area contributed by atoms with Gasteiger partial charge in [0.05, 0.1) is 5.60 Å². The highest BCUT2D eigenvalue weighted by atomic mass is 16.3. The summed E-state index contributed by atoms with van der Waals surface area (Å²) in [6.07, 6.45) is 10.4. The third kappa shape index (κ3) is 2.07. The topological polar surface area (TPSA) is 20.2 Å². The van der Waals surface area contributed by atoms with Crippen molar-refractivity contribution < 1.29 is 5.11 Å². The van der Waals surface area contributed by atoms with Gasteiger partial charge in [0.25, 0.3) is 0 Å². The van der Waals surface area contributed by atoms with Crippen LogP contribution in [0.25, 0.3) is 0 Å². The molecule has 2 unspecified atom stereocenters. The quantitative estimate of drug-likeness (QED) is 0.695. The fraction of sp³-hybridized carbons (Fsp3) is 1.00. The van der Waals surface area contributed by atoms with Crippen LogP contribution in [0.2, 0.25) is 0 Å². The summed E-state index contributed by atoms with van der Waals surface area (Å²) in [5.41, 5.74) is -0.339. The third-order valence-electron chi connectivity index (χ3n) is 4.21. The van der Waals surface area contributed by atoms with Gasteiger partial charge in [0.1, 0.15) is 0 Å². The molecule has 0 spiro atoms. The highest BCUT2D eigenvalue weighted by molar-refractivity contribution is 4.88. The van der Waals surface area contributed by atoms with Crippen LogP contribution in [0, 0.1) is 11.8 Å². The Morgan fingerprint density at radius 3 is 2.46 bits per heavy atom. The standard InChI is InChI=1S/C12H22O/c1-12(13)8-3-2-7-11(12)9-10-5-4-6-10/h10-11,13H,2-9H2,1H3. The molecule has 0 aliphatic heterocycles. The maximum atomic E-state index is 10.2. The molecule has 0 bridgehead atoms. The lowest BCUT2D eigenvalue weighted by molar-refractivity contribution is -0.0450. The maximum Gasteiger partial charge on any atom is 0.0647 e. The minimum Gasteiger partial charge on any atom is -0.390 e. The van der Waals surface area contributed by atoms with Crippen molar-refractivity contribution in [3.05, 3.63) is 0 Å². The third-order valence-corrected chi connectivity index (χ3v) is 4.21. The van der Waals surface area contributed by atoms with Gasteiger partial charge in [-0.15, -0.1) is 0 Å². The van der Waals surface area contributed by atoms with Gasteiger partial charge < -0.3 is 5.11 Å². The van der Waals surface area contributed by atoms with Crippen LogP contribution in [-0.4, -0.2) is 10.7 Å². The number of hydrogen-bond donors (Lipinski definition) is 1. The van der Waals surface area contributed by atoms with Gasteiger partial charge in [0.15, 0.2) is 0 Å². The fourth-order valence-electron chi connectivity index (χ4n) is 2.89. The van der Waals surface area contributed by atoms with E-state index in [4.69, 9.17) is 0 Å². The number of rotatable bonds is 2. The molecular formula is C12H22O. The molecule has 0 aromatic heterocycles. The van der Waals surface area contributed by atoms with E-state index in [1.54, 1.807) is 0 Å². The zero-order chi connectivity index (χ0) is 9.31. The molecule has 0 aromatic carbocycles. The molecule has 2 saturated carbocycles. The average Bonchev–Trinajstić information content (AvgIpc) is 1.98. The lowest BCUT2D eigenvalue weighted by atomic mass is 9.69. The molecule has 2 fully saturated rings. The number of aliphatic hydroxyl groups is 1. The van der Waals surface area contributed by atoms with Crippen molar-refractivity contribution in [2.24, 2.45) is 11.8 Å². The van der Waals surface area contributed by atoms with Gasteiger partial charge in [0, 0.05) is 0 Å². The molecule has 2 rings (SSSR count). The van der Waals surface area contributed by atoms with Crippen molar-refractivity contribution in [3.8, 4) is 0 Å². The van der Waals surface area contributed by atoms with E-state index in [9.17, 15) is 5.11 Å². The second kappa shape index (κ2) is 3.61. The highest BCUT2D eigenvalue weighted by Crippen LogP contribution is 2.41. The lowest BCUT2D eigenvalue weighted by Crippen LogP contribution is -2.39. The molecule has 13 heavy (non-hydrogen) atoms. The van der Waals surface area contributed by atoms with Crippen molar-refractivity contribution in [1.82, 2.24) is 0 Å². The Kier molecular flexibility index (Phi) is 2.64. The summed E-state index contributed by atoms with van der Waals surface area (Å²) in [5.74, 6) is 1.56. The Hall–Kier alpha value is -0.0400. The first-order valence-electron chi connectivity index (χ1n) is 5.91. The van der Waals surface area contributed by atoms with Crippen LogP contribution in [0.3, 0.4) is 0 Å². The first-order chi connectivity index (χ1) is 6.18. The van der Waals surface area contributed by atoms with Crippen LogP contribution in [0.5, 0.6) is 0 Å². The molecule has 0 saturated heterocycles. The van der Waals surface area contributed by atoms with Crippen molar-refractivity contribution in [3.63, 3.8) is 0 Å². The smallest absolute Gasteiger partial charge is 0.0647 e. The van der Waals surface area contributed by atoms with Crippen molar-refractivity contribution in [2.75, 3.05) is 0 Å². The summed E-state index contributed by atoms with van der Waals surface area (Å²) >= 11 is 0. The second-order valence-corrected chi connectivity index (χ2v) is 5.33. The van der Waals surface area contributed by atoms with Gasteiger partial charge in [-0.3, -0.25) is 0 Å². The zero-order valence-electron chi connectivity index (χ0n) is 8.76. The molecule has 2 atom stereocenters. The molecule has 0 amide bonds. The summed E-state index contributed by atoms with van der Waals surface area (Å²) in [7, 11) is 0. The van der Waals surface area contributed by atoms with Crippen molar-refractivity contribution in [2.45, 2.75) is 63.9 Å². The van der Waals surface area contributed by atoms with E-state index in [1.807, 2.05) is 0 Å². The zero-order valence-corrected chi connectivity index (χ0v) is 8.76. The monoisotopic (exact) mass is 182 g/mol. The highest BCUT2D eigenvalue weighted by Gasteiger charge is 2.36. The molecule has 0 aromatic rings. The molecule has 1 heteroatoms. The molecule has 1 N–H and O–H groups in total. The van der Waals surface area contributed by atoms with Crippen LogP contribution in [0.15, 0.2) is 0 Å². The summed E-state index contributed by atoms with van der Waals surface area (Å²) in [4.78, 5) is 0. The summed E-state index contributed by atoms with van der Waals surface area (Å²) in [6.45, 7) is 2.05. The van der Waals surface area contributed by atoms with Gasteiger partial charge in [-0.05, 0) is 38.0 Å². The van der Waals surface area contributed by atoms with Crippen LogP contribution >= 0.6 is 0 Å². The predicted molar refractivity (Wildman–Crippen MR) is 54.5 cm³/mol. The van der Waals surface area contributed by atoms with E-state index in [1.165, 1.54) is 44.9 Å². The molecule has 1 nitrogen and oxygen atoms in total. The van der Waals surface area contributed by atoms with Crippen molar-refractivity contribution in [1.29, 1.82) is 0 Å². The fourth-order valence-corrected chi connectivity index (χ4v) is 2.89. The van der Waals surface area contributed by atoms with Gasteiger partial charge in [-0.25, -0.2) is 0 Å². The maximum absolute atomic E-state index is 10.2. The second-order valence-electron chi connectivity index (χ2n) is 5.33. The Morgan fingerprint density at radius 2 is 1.92 bits per heavy atom. The number of hydrogen-bond acceptors (Lipinski definition) is 1. The minimum atomic E-state index is -0.339. The predicted octanol–water partition coefficient (Wildman–Crippen LogP) is 3.12. The summed E-state index contributed by atoms with van der Waals surface area (Å²) < 4.78 is 0. The van der Waals surface area contributed by atoms with Gasteiger partial charge in [0.2, 0.25) is 0 Å². The minimum absolute atomic E-state index is 0.339. The van der Waals surface area contributed by atoms with E-state index in [-0.39, 0.29) is 5.60 Å². The van der Waals surface area contributed by atoms with E-state index in [0.29, 0.717) is 5.92 Å². The lowest BCUT2D eigenvalue weighted by Gasteiger charge is -2.40. The Morgan fingerprint density at radius 1 is 1.15 bits per heavy atom. The van der Waals surface area contributed by atoms with E-state index in [2.05, 4.69) is 6.92 Å². The molecular weight excluding hydrogens is 160 g/mol. The Bertz CT molecular complexity index is 170. The molecule has 76 valence electrons. The normalized spacial score (nSPS) is 41.5. The SMILES string of the molecule is CC1(O)CCCCC1CC1CCC1. The first-order valence-corrected chi connectivity index (χ1v) is 5.91. The Balaban J connectivity index is 1.87. The van der Waals surface area contributed by atoms with Crippen LogP contribution in [-0.2, 0) is 0 Å². The molecule has 2 aliphatic carbocycles. The summed E-state index contributed by atoms with van der Waals surface area (Å²) in [5, 5.41) is 10.2. The largest absolute Gasteiger partial charge is 0.390 e. The summed E-state index contributed by atoms with van der Waals surface area (Å²) in [6, 6.07) is 0.